The molecule has 0 saturated heterocycles. The molecule has 1 unspecified atom stereocenters. The Morgan fingerprint density at radius 3 is 2.95 bits per heavy atom. The molecule has 0 fully saturated rings. The van der Waals surface area contributed by atoms with E-state index in [0.717, 1.165) is 5.92 Å². The van der Waals surface area contributed by atoms with Gasteiger partial charge in [-0.15, -0.1) is 0 Å². The van der Waals surface area contributed by atoms with Gasteiger partial charge in [-0.1, -0.05) is 25.1 Å². The maximum Gasteiger partial charge on any atom is 0.203 e. The minimum Gasteiger partial charge on any atom is -0.339 e. The summed E-state index contributed by atoms with van der Waals surface area (Å²) in [6.45, 7) is 4.82. The number of aryl methyl sites for hydroxylation is 1. The first-order valence-electron chi connectivity index (χ1n) is 7.99. The van der Waals surface area contributed by atoms with Gasteiger partial charge in [0.25, 0.3) is 0 Å². The minimum absolute atomic E-state index is 0.755. The summed E-state index contributed by atoms with van der Waals surface area (Å²) in [6, 6.07) is 8.91. The fraction of sp³-hybridized carbons (Fsp3) is 0.500. The molecule has 0 bridgehead atoms. The van der Waals surface area contributed by atoms with Gasteiger partial charge >= 0.3 is 0 Å². The van der Waals surface area contributed by atoms with Crippen molar-refractivity contribution < 1.29 is 4.58 Å². The van der Waals surface area contributed by atoms with Crippen molar-refractivity contribution in [2.75, 3.05) is 13.1 Å². The molecular weight excluding hydrogens is 244 g/mol. The molecule has 2 heteroatoms. The molecule has 2 aliphatic rings. The van der Waals surface area contributed by atoms with E-state index < -0.39 is 0 Å². The fourth-order valence-electron chi connectivity index (χ4n) is 4.31. The van der Waals surface area contributed by atoms with Gasteiger partial charge in [-0.3, -0.25) is 0 Å². The minimum atomic E-state index is 0.755. The largest absolute Gasteiger partial charge is 0.339 e. The van der Waals surface area contributed by atoms with Gasteiger partial charge in [0.15, 0.2) is 0 Å². The normalized spacial score (nSPS) is 22.0. The van der Waals surface area contributed by atoms with E-state index in [-0.39, 0.29) is 0 Å². The highest BCUT2D eigenvalue weighted by Crippen LogP contribution is 2.33. The molecule has 2 nitrogen and oxygen atoms in total. The average Bonchev–Trinajstić information content (AvgIpc) is 2.80. The van der Waals surface area contributed by atoms with Crippen molar-refractivity contribution >= 4 is 16.6 Å². The third kappa shape index (κ3) is 1.54. The zero-order valence-corrected chi connectivity index (χ0v) is 12.5. The second-order valence-electron chi connectivity index (χ2n) is 6.27. The second kappa shape index (κ2) is 4.47. The Morgan fingerprint density at radius 2 is 2.10 bits per heavy atom. The summed E-state index contributed by atoms with van der Waals surface area (Å²) in [6.07, 6.45) is 5.20. The lowest BCUT2D eigenvalue weighted by Crippen LogP contribution is -2.39. The van der Waals surface area contributed by atoms with Crippen molar-refractivity contribution in [3.05, 3.63) is 35.5 Å². The molecule has 1 aromatic carbocycles. The van der Waals surface area contributed by atoms with Crippen LogP contribution in [0.25, 0.3) is 10.9 Å². The molecule has 104 valence electrons. The van der Waals surface area contributed by atoms with E-state index in [1.54, 1.807) is 11.3 Å². The van der Waals surface area contributed by atoms with Gasteiger partial charge in [0, 0.05) is 36.7 Å². The molecule has 3 heterocycles. The molecule has 0 aliphatic carbocycles. The van der Waals surface area contributed by atoms with Crippen molar-refractivity contribution in [3.63, 3.8) is 0 Å². The van der Waals surface area contributed by atoms with Crippen molar-refractivity contribution in [1.29, 1.82) is 0 Å². The first-order chi connectivity index (χ1) is 9.81. The van der Waals surface area contributed by atoms with Gasteiger partial charge in [-0.2, -0.15) is 0 Å². The quantitative estimate of drug-likeness (QED) is 0.700. The lowest BCUT2D eigenvalue weighted by molar-refractivity contribution is -0.536. The van der Waals surface area contributed by atoms with E-state index >= 15 is 0 Å². The molecule has 2 aliphatic heterocycles. The van der Waals surface area contributed by atoms with Crippen LogP contribution < -0.4 is 0 Å². The van der Waals surface area contributed by atoms with E-state index in [2.05, 4.69) is 47.4 Å². The number of para-hydroxylation sites is 1. The molecule has 0 amide bonds. The zero-order valence-electron chi connectivity index (χ0n) is 12.5. The topological polar surface area (TPSA) is 7.94 Å². The Hall–Kier alpha value is -1.57. The number of rotatable bonds is 1. The molecule has 0 spiro atoms. The van der Waals surface area contributed by atoms with Crippen LogP contribution in [0.1, 0.15) is 37.4 Å². The summed E-state index contributed by atoms with van der Waals surface area (Å²) >= 11 is 0. The predicted molar refractivity (Wildman–Crippen MR) is 83.7 cm³/mol. The second-order valence-corrected chi connectivity index (χ2v) is 6.27. The lowest BCUT2D eigenvalue weighted by Gasteiger charge is -2.26. The van der Waals surface area contributed by atoms with Crippen LogP contribution in [-0.2, 0) is 13.5 Å². The molecular formula is C18H23N2+. The van der Waals surface area contributed by atoms with Gasteiger partial charge in [-0.05, 0) is 24.5 Å². The average molecular weight is 267 g/mol. The number of aromatic nitrogens is 1. The van der Waals surface area contributed by atoms with Gasteiger partial charge in [0.1, 0.15) is 18.8 Å². The van der Waals surface area contributed by atoms with Crippen LogP contribution in [0.5, 0.6) is 0 Å². The van der Waals surface area contributed by atoms with Crippen molar-refractivity contribution in [2.24, 2.45) is 13.0 Å². The Labute approximate surface area is 120 Å². The molecule has 0 N–H and O–H groups in total. The molecule has 1 atom stereocenters. The molecule has 1 aromatic heterocycles. The standard InChI is InChI=1S/C18H23N2/c1-3-13-7-6-11-20-12-10-15-14-8-4-5-9-16(14)19(2)18(15)17(13)20/h4-5,8-9,13H,3,6-7,10-12H2,1-2H3/q+1. The number of hydrogen-bond donors (Lipinski definition) is 0. The van der Waals surface area contributed by atoms with Crippen LogP contribution in [0.4, 0.5) is 0 Å². The zero-order chi connectivity index (χ0) is 13.7. The molecule has 4 rings (SSSR count). The number of benzene rings is 1. The van der Waals surface area contributed by atoms with Crippen molar-refractivity contribution in [1.82, 2.24) is 4.57 Å². The first kappa shape index (κ1) is 12.2. The summed E-state index contributed by atoms with van der Waals surface area (Å²) in [5, 5.41) is 1.47. The van der Waals surface area contributed by atoms with Gasteiger partial charge in [0.2, 0.25) is 5.71 Å². The molecule has 0 saturated carbocycles. The number of hydrogen-bond acceptors (Lipinski definition) is 0. The maximum absolute atomic E-state index is 2.67. The smallest absolute Gasteiger partial charge is 0.203 e. The Kier molecular flexibility index (Phi) is 2.73. The summed E-state index contributed by atoms with van der Waals surface area (Å²) < 4.78 is 5.11. The van der Waals surface area contributed by atoms with E-state index in [1.807, 2.05) is 0 Å². The monoisotopic (exact) mass is 267 g/mol. The van der Waals surface area contributed by atoms with Gasteiger partial charge in [-0.25, -0.2) is 4.58 Å². The van der Waals surface area contributed by atoms with Crippen LogP contribution in [0.3, 0.4) is 0 Å². The van der Waals surface area contributed by atoms with Crippen molar-refractivity contribution in [2.45, 2.75) is 32.6 Å². The van der Waals surface area contributed by atoms with E-state index in [4.69, 9.17) is 0 Å². The highest BCUT2D eigenvalue weighted by Gasteiger charge is 2.37. The molecule has 20 heavy (non-hydrogen) atoms. The molecule has 0 radical (unpaired) electrons. The SMILES string of the molecule is CCC1CCC[N+]2=C1c1c(c3ccccc3n1C)CC2. The summed E-state index contributed by atoms with van der Waals surface area (Å²) in [5.74, 6) is 0.755. The highest BCUT2D eigenvalue weighted by atomic mass is 15.1. The van der Waals surface area contributed by atoms with Crippen LogP contribution in [0, 0.1) is 5.92 Å². The Balaban J connectivity index is 2.03. The summed E-state index contributed by atoms with van der Waals surface area (Å²) in [7, 11) is 2.25. The van der Waals surface area contributed by atoms with Crippen molar-refractivity contribution in [3.8, 4) is 0 Å². The molecule has 2 aromatic rings. The van der Waals surface area contributed by atoms with E-state index in [9.17, 15) is 0 Å². The van der Waals surface area contributed by atoms with E-state index in [0.29, 0.717) is 0 Å². The van der Waals surface area contributed by atoms with E-state index in [1.165, 1.54) is 55.4 Å². The van der Waals surface area contributed by atoms with Crippen LogP contribution >= 0.6 is 0 Å². The summed E-state index contributed by atoms with van der Waals surface area (Å²) in [4.78, 5) is 0. The Bertz CT molecular complexity index is 706. The number of nitrogens with zero attached hydrogens (tertiary/aromatic N) is 2. The summed E-state index contributed by atoms with van der Waals surface area (Å²) in [5.41, 5.74) is 6.16. The number of fused-ring (bicyclic) bond motifs is 4. The fourth-order valence-corrected chi connectivity index (χ4v) is 4.31. The Morgan fingerprint density at radius 1 is 1.25 bits per heavy atom. The van der Waals surface area contributed by atoms with Gasteiger partial charge < -0.3 is 4.57 Å². The third-order valence-electron chi connectivity index (χ3n) is 5.29. The predicted octanol–water partition coefficient (Wildman–Crippen LogP) is 3.36. The third-order valence-corrected chi connectivity index (χ3v) is 5.29. The maximum atomic E-state index is 2.67. The highest BCUT2D eigenvalue weighted by molar-refractivity contribution is 6.05. The van der Waals surface area contributed by atoms with Crippen LogP contribution in [-0.4, -0.2) is 27.9 Å². The lowest BCUT2D eigenvalue weighted by atomic mass is 9.85. The first-order valence-corrected chi connectivity index (χ1v) is 7.99. The van der Waals surface area contributed by atoms with Crippen LogP contribution in [0.15, 0.2) is 24.3 Å². The van der Waals surface area contributed by atoms with Crippen LogP contribution in [0.2, 0.25) is 0 Å². The van der Waals surface area contributed by atoms with Gasteiger partial charge in [0.05, 0.1) is 0 Å².